The first-order valence-electron chi connectivity index (χ1n) is 4.37. The summed E-state index contributed by atoms with van der Waals surface area (Å²) in [5, 5.41) is 3.02. The van der Waals surface area contributed by atoms with Crippen LogP contribution in [0.3, 0.4) is 0 Å². The Kier molecular flexibility index (Phi) is 2.85. The number of aromatic nitrogens is 1. The van der Waals surface area contributed by atoms with Gasteiger partial charge in [-0.25, -0.2) is 4.98 Å². The Morgan fingerprint density at radius 3 is 2.57 bits per heavy atom. The molecule has 0 amide bonds. The summed E-state index contributed by atoms with van der Waals surface area (Å²) in [4.78, 5) is 4.42. The Hall–Kier alpha value is -0.860. The normalized spacial score (nSPS) is 10.4. The number of alkyl halides is 1. The predicted octanol–water partition coefficient (Wildman–Crippen LogP) is 3.86. The minimum absolute atomic E-state index is 0.497. The highest BCUT2D eigenvalue weighted by Gasteiger charge is 2.02. The van der Waals surface area contributed by atoms with Gasteiger partial charge in [-0.05, 0) is 6.92 Å². The third-order valence-electron chi connectivity index (χ3n) is 2.01. The minimum atomic E-state index is 0.497. The van der Waals surface area contributed by atoms with Gasteiger partial charge in [0.1, 0.15) is 5.01 Å². The lowest BCUT2D eigenvalue weighted by Gasteiger charge is -1.96. The van der Waals surface area contributed by atoms with Gasteiger partial charge in [0.2, 0.25) is 0 Å². The number of rotatable bonds is 2. The number of benzene rings is 1. The highest BCUT2D eigenvalue weighted by molar-refractivity contribution is 7.10. The molecular weight excluding hydrogens is 214 g/mol. The Morgan fingerprint density at radius 2 is 2.00 bits per heavy atom. The van der Waals surface area contributed by atoms with Crippen LogP contribution in [0.25, 0.3) is 11.3 Å². The quantitative estimate of drug-likeness (QED) is 0.705. The highest BCUT2D eigenvalue weighted by Crippen LogP contribution is 2.22. The summed E-state index contributed by atoms with van der Waals surface area (Å²) >= 11 is 7.31. The van der Waals surface area contributed by atoms with Crippen molar-refractivity contribution >= 4 is 22.9 Å². The molecule has 2 rings (SSSR count). The fraction of sp³-hybridized carbons (Fsp3) is 0.182. The first kappa shape index (κ1) is 9.69. The van der Waals surface area contributed by atoms with Gasteiger partial charge < -0.3 is 0 Å². The Morgan fingerprint density at radius 1 is 1.29 bits per heavy atom. The molecule has 0 N–H and O–H groups in total. The molecule has 0 bridgehead atoms. The van der Waals surface area contributed by atoms with E-state index >= 15 is 0 Å². The van der Waals surface area contributed by atoms with Crippen molar-refractivity contribution in [3.63, 3.8) is 0 Å². The van der Waals surface area contributed by atoms with Crippen LogP contribution in [0.15, 0.2) is 29.6 Å². The molecular formula is C11H10ClNS. The van der Waals surface area contributed by atoms with E-state index < -0.39 is 0 Å². The zero-order chi connectivity index (χ0) is 9.97. The number of halogens is 1. The second kappa shape index (κ2) is 4.11. The van der Waals surface area contributed by atoms with Gasteiger partial charge in [-0.15, -0.1) is 22.9 Å². The van der Waals surface area contributed by atoms with Crippen LogP contribution < -0.4 is 0 Å². The van der Waals surface area contributed by atoms with Gasteiger partial charge in [-0.3, -0.25) is 0 Å². The Balaban J connectivity index is 2.34. The van der Waals surface area contributed by atoms with Gasteiger partial charge in [0, 0.05) is 10.9 Å². The maximum atomic E-state index is 5.70. The molecule has 0 atom stereocenters. The second-order valence-electron chi connectivity index (χ2n) is 3.13. The van der Waals surface area contributed by atoms with Crippen LogP contribution in [0.4, 0.5) is 0 Å². The topological polar surface area (TPSA) is 12.9 Å². The minimum Gasteiger partial charge on any atom is -0.240 e. The highest BCUT2D eigenvalue weighted by atomic mass is 35.5. The lowest BCUT2D eigenvalue weighted by Crippen LogP contribution is -1.79. The summed E-state index contributed by atoms with van der Waals surface area (Å²) in [5.74, 6) is 0.497. The van der Waals surface area contributed by atoms with Gasteiger partial charge in [-0.2, -0.15) is 0 Å². The molecule has 1 heterocycles. The summed E-state index contributed by atoms with van der Waals surface area (Å²) in [7, 11) is 0. The summed E-state index contributed by atoms with van der Waals surface area (Å²) < 4.78 is 0. The van der Waals surface area contributed by atoms with Crippen molar-refractivity contribution in [2.24, 2.45) is 0 Å². The number of thiazole rings is 1. The molecule has 0 unspecified atom stereocenters. The number of hydrogen-bond acceptors (Lipinski definition) is 2. The number of aryl methyl sites for hydroxylation is 1. The van der Waals surface area contributed by atoms with Crippen molar-refractivity contribution in [2.45, 2.75) is 12.8 Å². The smallest absolute Gasteiger partial charge is 0.108 e. The summed E-state index contributed by atoms with van der Waals surface area (Å²) in [6, 6.07) is 8.36. The lowest BCUT2D eigenvalue weighted by molar-refractivity contribution is 1.26. The van der Waals surface area contributed by atoms with Gasteiger partial charge >= 0.3 is 0 Å². The Bertz CT molecular complexity index is 419. The zero-order valence-electron chi connectivity index (χ0n) is 7.83. The van der Waals surface area contributed by atoms with E-state index in [9.17, 15) is 0 Å². The lowest BCUT2D eigenvalue weighted by atomic mass is 10.1. The SMILES string of the molecule is Cc1ccc(-c2csc(CCl)n2)cc1. The third-order valence-corrected chi connectivity index (χ3v) is 3.27. The van der Waals surface area contributed by atoms with Gasteiger partial charge in [-0.1, -0.05) is 29.8 Å². The Labute approximate surface area is 92.4 Å². The van der Waals surface area contributed by atoms with E-state index in [-0.39, 0.29) is 0 Å². The van der Waals surface area contributed by atoms with Crippen molar-refractivity contribution in [3.05, 3.63) is 40.2 Å². The molecule has 0 radical (unpaired) electrons. The van der Waals surface area contributed by atoms with E-state index in [0.717, 1.165) is 16.3 Å². The second-order valence-corrected chi connectivity index (χ2v) is 4.34. The summed E-state index contributed by atoms with van der Waals surface area (Å²) in [5.41, 5.74) is 3.44. The van der Waals surface area contributed by atoms with Crippen LogP contribution in [0, 0.1) is 6.92 Å². The fourth-order valence-corrected chi connectivity index (χ4v) is 2.13. The fourth-order valence-electron chi connectivity index (χ4n) is 1.23. The first-order valence-corrected chi connectivity index (χ1v) is 5.78. The largest absolute Gasteiger partial charge is 0.240 e. The molecule has 0 saturated carbocycles. The van der Waals surface area contributed by atoms with Crippen molar-refractivity contribution in [3.8, 4) is 11.3 Å². The molecule has 14 heavy (non-hydrogen) atoms. The average Bonchev–Trinajstić information content (AvgIpc) is 2.67. The molecule has 1 nitrogen and oxygen atoms in total. The van der Waals surface area contributed by atoms with Crippen molar-refractivity contribution in [1.29, 1.82) is 0 Å². The van der Waals surface area contributed by atoms with Crippen molar-refractivity contribution in [2.75, 3.05) is 0 Å². The van der Waals surface area contributed by atoms with Crippen LogP contribution in [0.2, 0.25) is 0 Å². The van der Waals surface area contributed by atoms with E-state index in [2.05, 4.69) is 36.2 Å². The van der Waals surface area contributed by atoms with E-state index in [4.69, 9.17) is 11.6 Å². The average molecular weight is 224 g/mol. The van der Waals surface area contributed by atoms with E-state index in [1.165, 1.54) is 5.56 Å². The molecule has 0 fully saturated rings. The molecule has 2 aromatic rings. The maximum absolute atomic E-state index is 5.70. The molecule has 0 aliphatic carbocycles. The monoisotopic (exact) mass is 223 g/mol. The molecule has 1 aromatic carbocycles. The van der Waals surface area contributed by atoms with Gasteiger partial charge in [0.05, 0.1) is 11.6 Å². The van der Waals surface area contributed by atoms with Crippen LogP contribution in [-0.4, -0.2) is 4.98 Å². The van der Waals surface area contributed by atoms with Crippen LogP contribution >= 0.6 is 22.9 Å². The van der Waals surface area contributed by atoms with E-state index in [0.29, 0.717) is 5.88 Å². The molecule has 0 spiro atoms. The molecule has 1 aromatic heterocycles. The predicted molar refractivity (Wildman–Crippen MR) is 61.8 cm³/mol. The van der Waals surface area contributed by atoms with Crippen LogP contribution in [0.5, 0.6) is 0 Å². The zero-order valence-corrected chi connectivity index (χ0v) is 9.40. The van der Waals surface area contributed by atoms with Crippen molar-refractivity contribution in [1.82, 2.24) is 4.98 Å². The van der Waals surface area contributed by atoms with E-state index in [1.54, 1.807) is 11.3 Å². The van der Waals surface area contributed by atoms with E-state index in [1.807, 2.05) is 5.38 Å². The van der Waals surface area contributed by atoms with Crippen molar-refractivity contribution < 1.29 is 0 Å². The maximum Gasteiger partial charge on any atom is 0.108 e. The number of hydrogen-bond donors (Lipinski definition) is 0. The van der Waals surface area contributed by atoms with Gasteiger partial charge in [0.25, 0.3) is 0 Å². The molecule has 0 aliphatic rings. The molecule has 3 heteroatoms. The number of nitrogens with zero attached hydrogens (tertiary/aromatic N) is 1. The van der Waals surface area contributed by atoms with Crippen LogP contribution in [0.1, 0.15) is 10.6 Å². The first-order chi connectivity index (χ1) is 6.79. The third kappa shape index (κ3) is 1.97. The molecule has 0 saturated heterocycles. The summed E-state index contributed by atoms with van der Waals surface area (Å²) in [6.45, 7) is 2.08. The standard InChI is InChI=1S/C11H10ClNS/c1-8-2-4-9(5-3-8)10-7-14-11(6-12)13-10/h2-5,7H,6H2,1H3. The summed E-state index contributed by atoms with van der Waals surface area (Å²) in [6.07, 6.45) is 0. The molecule has 0 aliphatic heterocycles. The molecule has 72 valence electrons. The van der Waals surface area contributed by atoms with Gasteiger partial charge in [0.15, 0.2) is 0 Å². The van der Waals surface area contributed by atoms with Crippen LogP contribution in [-0.2, 0) is 5.88 Å².